The van der Waals surface area contributed by atoms with Gasteiger partial charge < -0.3 is 18.9 Å². The van der Waals surface area contributed by atoms with E-state index in [9.17, 15) is 0 Å². The lowest BCUT2D eigenvalue weighted by Crippen LogP contribution is -2.13. The van der Waals surface area contributed by atoms with Crippen molar-refractivity contribution in [2.45, 2.75) is 105 Å². The fourth-order valence-electron chi connectivity index (χ4n) is 12.8. The number of benzene rings is 13. The van der Waals surface area contributed by atoms with E-state index in [0.29, 0.717) is 0 Å². The Kier molecular flexibility index (Phi) is 18.9. The summed E-state index contributed by atoms with van der Waals surface area (Å²) in [5.41, 5.74) is 20.6. The van der Waals surface area contributed by atoms with Gasteiger partial charge in [-0.2, -0.15) is 0 Å². The molecule has 4 heteroatoms. The van der Waals surface area contributed by atoms with Crippen LogP contribution in [0.25, 0.3) is 65.8 Å². The minimum absolute atomic E-state index is 0.148. The molecule has 13 aromatic carbocycles. The molecule has 0 aliphatic carbocycles. The van der Waals surface area contributed by atoms with Crippen molar-refractivity contribution in [2.75, 3.05) is 9.80 Å². The van der Waals surface area contributed by atoms with Crippen LogP contribution in [0.4, 0.5) is 34.1 Å². The van der Waals surface area contributed by atoms with Gasteiger partial charge in [0, 0.05) is 66.7 Å². The number of fused-ring (bicyclic) bond motifs is 7. The van der Waals surface area contributed by atoms with E-state index in [1.165, 1.54) is 116 Å². The van der Waals surface area contributed by atoms with Gasteiger partial charge in [-0.25, -0.2) is 0 Å². The van der Waals surface area contributed by atoms with Crippen molar-refractivity contribution in [3.63, 3.8) is 0 Å². The molecule has 0 aliphatic heterocycles. The van der Waals surface area contributed by atoms with Gasteiger partial charge in [0.25, 0.3) is 0 Å². The van der Waals surface area contributed by atoms with Gasteiger partial charge in [-0.15, -0.1) is 0 Å². The Morgan fingerprint density at radius 1 is 0.208 bits per heavy atom. The van der Waals surface area contributed by atoms with Gasteiger partial charge in [0.2, 0.25) is 0 Å². The van der Waals surface area contributed by atoms with Crippen LogP contribution in [0.1, 0.15) is 105 Å². The number of hydrogen-bond acceptors (Lipinski definition) is 2. The Hall–Kier alpha value is -10.7. The van der Waals surface area contributed by atoms with E-state index in [-0.39, 0.29) is 21.7 Å². The van der Waals surface area contributed by atoms with Crippen LogP contribution in [0, 0.1) is 0 Å². The molecule has 0 amide bonds. The van der Waals surface area contributed by atoms with E-state index in [1.807, 2.05) is 0 Å². The van der Waals surface area contributed by atoms with Crippen molar-refractivity contribution in [3.8, 4) is 11.4 Å². The first-order chi connectivity index (χ1) is 46.2. The maximum Gasteiger partial charge on any atom is 0.0541 e. The van der Waals surface area contributed by atoms with Crippen LogP contribution in [0.5, 0.6) is 0 Å². The van der Waals surface area contributed by atoms with Crippen LogP contribution in [-0.4, -0.2) is 9.13 Å². The van der Waals surface area contributed by atoms with Crippen molar-refractivity contribution in [3.05, 3.63) is 350 Å². The molecule has 15 aromatic rings. The van der Waals surface area contributed by atoms with Crippen LogP contribution in [0.2, 0.25) is 0 Å². The third kappa shape index (κ3) is 14.4. The zero-order valence-electron chi connectivity index (χ0n) is 58.0. The molecule has 0 N–H and O–H groups in total. The summed E-state index contributed by atoms with van der Waals surface area (Å²) in [6, 6.07) is 117. The number of anilines is 6. The van der Waals surface area contributed by atoms with E-state index < -0.39 is 0 Å². The lowest BCUT2D eigenvalue weighted by atomic mass is 9.86. The molecule has 0 unspecified atom stereocenters. The van der Waals surface area contributed by atoms with Crippen LogP contribution in [-0.2, 0) is 21.7 Å². The molecule has 0 saturated heterocycles. The smallest absolute Gasteiger partial charge is 0.0541 e. The first-order valence-corrected chi connectivity index (χ1v) is 33.8. The van der Waals surface area contributed by atoms with E-state index >= 15 is 0 Å². The predicted octanol–water partition coefficient (Wildman–Crippen LogP) is 26.2. The average Bonchev–Trinajstić information content (AvgIpc) is 1.58. The summed E-state index contributed by atoms with van der Waals surface area (Å²) in [5.74, 6) is 0. The van der Waals surface area contributed by atoms with Crippen LogP contribution < -0.4 is 9.80 Å². The molecule has 0 fully saturated rings. The van der Waals surface area contributed by atoms with Crippen LogP contribution >= 0.6 is 0 Å². The number of aromatic nitrogens is 2. The largest absolute Gasteiger partial charge is 0.311 e. The highest BCUT2D eigenvalue weighted by Gasteiger charge is 2.22. The molecule has 2 heterocycles. The van der Waals surface area contributed by atoms with E-state index in [1.54, 1.807) is 0 Å². The van der Waals surface area contributed by atoms with Gasteiger partial charge in [-0.05, 0) is 171 Å². The van der Waals surface area contributed by atoms with E-state index in [4.69, 9.17) is 0 Å². The van der Waals surface area contributed by atoms with Gasteiger partial charge in [0.1, 0.15) is 0 Å². The van der Waals surface area contributed by atoms with Gasteiger partial charge in [0.05, 0.1) is 27.8 Å². The molecule has 0 spiro atoms. The van der Waals surface area contributed by atoms with Gasteiger partial charge >= 0.3 is 0 Å². The second-order valence-electron chi connectivity index (χ2n) is 29.1. The Balaban J connectivity index is 0.000000123. The third-order valence-corrected chi connectivity index (χ3v) is 18.2. The highest BCUT2D eigenvalue weighted by molar-refractivity contribution is 6.10. The second-order valence-corrected chi connectivity index (χ2v) is 29.1. The summed E-state index contributed by atoms with van der Waals surface area (Å²) >= 11 is 0. The topological polar surface area (TPSA) is 16.3 Å². The fraction of sp³-hybridized carbons (Fsp3) is 0.174. The minimum Gasteiger partial charge on any atom is -0.311 e. The van der Waals surface area contributed by atoms with Crippen molar-refractivity contribution in [1.82, 2.24) is 9.13 Å². The maximum atomic E-state index is 2.36. The molecular formula is C92H90N4. The molecule has 2 aromatic heterocycles. The summed E-state index contributed by atoms with van der Waals surface area (Å²) in [5, 5.41) is 7.77. The number of nitrogens with zero attached hydrogens (tertiary/aromatic N) is 4. The van der Waals surface area contributed by atoms with Gasteiger partial charge in [-0.1, -0.05) is 289 Å². The average molecular weight is 1250 g/mol. The summed E-state index contributed by atoms with van der Waals surface area (Å²) in [6.07, 6.45) is 0. The summed E-state index contributed by atoms with van der Waals surface area (Å²) in [6.45, 7) is 27.1. The Morgan fingerprint density at radius 2 is 0.500 bits per heavy atom. The van der Waals surface area contributed by atoms with Crippen LogP contribution in [0.15, 0.2) is 328 Å². The molecule has 0 saturated carbocycles. The highest BCUT2D eigenvalue weighted by atomic mass is 15.1. The van der Waals surface area contributed by atoms with Gasteiger partial charge in [-0.3, -0.25) is 0 Å². The standard InChI is InChI=1S/C26H25N.2C22H21N.C22H23N/c1-26(2,3)21-16-18-23(19-17-21)27(22-12-5-4-6-13-22)25-15-9-11-20-10-7-8-14-24(20)25;1-22(2,3)16-12-14-17(15-13-16)23-20-10-6-4-8-18(20)19-9-5-7-11-21(19)23;1-22(2,3)16-13-14-21-19(15-16)18-11-7-8-12-20(18)23(21)17-9-5-4-6-10-17;1-22(2,3)18-14-16-21(17-15-18)23(19-10-6-4-7-11-19)20-12-8-5-9-13-20/h4-19H,1-3H3;2*4-15H,1-3H3;4-17H,1-3H3. The number of para-hydroxylation sites is 7. The summed E-state index contributed by atoms with van der Waals surface area (Å²) < 4.78 is 4.72. The quantitative estimate of drug-likeness (QED) is 0.151. The fourth-order valence-corrected chi connectivity index (χ4v) is 12.8. The predicted molar refractivity (Wildman–Crippen MR) is 416 cm³/mol. The SMILES string of the molecule is CC(C)(C)c1ccc(-n2c3ccccc3c3ccccc32)cc1.CC(C)(C)c1ccc(N(c2ccccc2)c2cccc3ccccc23)cc1.CC(C)(C)c1ccc(N(c2ccccc2)c2ccccc2)cc1.CC(C)(C)c1ccc2c(c1)c1ccccc1n2-c1ccccc1. The lowest BCUT2D eigenvalue weighted by molar-refractivity contribution is 0.590. The van der Waals surface area contributed by atoms with E-state index in [0.717, 1.165) is 5.69 Å². The third-order valence-electron chi connectivity index (χ3n) is 18.2. The molecule has 0 atom stereocenters. The monoisotopic (exact) mass is 1250 g/mol. The molecule has 96 heavy (non-hydrogen) atoms. The first kappa shape index (κ1) is 65.4. The number of rotatable bonds is 8. The van der Waals surface area contributed by atoms with Crippen molar-refractivity contribution < 1.29 is 0 Å². The van der Waals surface area contributed by atoms with Crippen molar-refractivity contribution >= 4 is 88.5 Å². The Labute approximate surface area is 570 Å². The molecule has 15 rings (SSSR count). The van der Waals surface area contributed by atoms with E-state index in [2.05, 4.69) is 430 Å². The van der Waals surface area contributed by atoms with Crippen molar-refractivity contribution in [2.24, 2.45) is 0 Å². The molecule has 478 valence electrons. The lowest BCUT2D eigenvalue weighted by Gasteiger charge is -2.28. The summed E-state index contributed by atoms with van der Waals surface area (Å²) in [4.78, 5) is 4.63. The van der Waals surface area contributed by atoms with Crippen LogP contribution in [0.3, 0.4) is 0 Å². The van der Waals surface area contributed by atoms with Gasteiger partial charge in [0.15, 0.2) is 0 Å². The molecular weight excluding hydrogens is 1160 g/mol. The highest BCUT2D eigenvalue weighted by Crippen LogP contribution is 2.41. The number of hydrogen-bond donors (Lipinski definition) is 0. The zero-order valence-corrected chi connectivity index (χ0v) is 58.0. The Morgan fingerprint density at radius 3 is 0.927 bits per heavy atom. The Bertz CT molecular complexity index is 4940. The maximum absolute atomic E-state index is 2.36. The first-order valence-electron chi connectivity index (χ1n) is 33.8. The molecule has 4 nitrogen and oxygen atoms in total. The normalized spacial score (nSPS) is 11.8. The molecule has 0 bridgehead atoms. The summed E-state index contributed by atoms with van der Waals surface area (Å²) in [7, 11) is 0. The molecule has 0 radical (unpaired) electrons. The second kappa shape index (κ2) is 27.7. The zero-order chi connectivity index (χ0) is 67.2. The molecule has 0 aliphatic rings. The minimum atomic E-state index is 0.148. The van der Waals surface area contributed by atoms with Crippen molar-refractivity contribution in [1.29, 1.82) is 0 Å².